The highest BCUT2D eigenvalue weighted by Gasteiger charge is 2.47. The van der Waals surface area contributed by atoms with E-state index >= 15 is 0 Å². The molecule has 1 amide bonds. The zero-order valence-electron chi connectivity index (χ0n) is 18.6. The summed E-state index contributed by atoms with van der Waals surface area (Å²) in [5.41, 5.74) is 2.82. The van der Waals surface area contributed by atoms with Crippen molar-refractivity contribution in [3.63, 3.8) is 0 Å². The van der Waals surface area contributed by atoms with E-state index < -0.39 is 0 Å². The number of carbonyl (C=O) groups is 1. The Balaban J connectivity index is 1.65. The van der Waals surface area contributed by atoms with E-state index in [-0.39, 0.29) is 23.5 Å². The van der Waals surface area contributed by atoms with Crippen molar-refractivity contribution in [2.75, 3.05) is 18.6 Å². The van der Waals surface area contributed by atoms with E-state index in [2.05, 4.69) is 57.2 Å². The quantitative estimate of drug-likeness (QED) is 0.545. The fourth-order valence-electron chi connectivity index (χ4n) is 4.92. The third-order valence-electron chi connectivity index (χ3n) is 6.21. The average Bonchev–Trinajstić information content (AvgIpc) is 2.78. The lowest BCUT2D eigenvalue weighted by Gasteiger charge is -2.51. The molecule has 0 saturated heterocycles. The van der Waals surface area contributed by atoms with Crippen LogP contribution in [0, 0.1) is 0 Å². The molecule has 0 N–H and O–H groups in total. The number of fused-ring (bicyclic) bond motifs is 1. The zero-order chi connectivity index (χ0) is 22.1. The lowest BCUT2D eigenvalue weighted by molar-refractivity contribution is -0.121. The number of anilines is 1. The van der Waals surface area contributed by atoms with Crippen LogP contribution in [0.1, 0.15) is 38.3 Å². The van der Waals surface area contributed by atoms with Crippen molar-refractivity contribution in [3.8, 4) is 11.5 Å². The number of para-hydroxylation sites is 1. The summed E-state index contributed by atoms with van der Waals surface area (Å²) in [4.78, 5) is 15.3. The van der Waals surface area contributed by atoms with Gasteiger partial charge >= 0.3 is 0 Å². The van der Waals surface area contributed by atoms with Crippen LogP contribution in [0.4, 0.5) is 5.69 Å². The lowest BCUT2D eigenvalue weighted by atomic mass is 9.65. The van der Waals surface area contributed by atoms with Gasteiger partial charge < -0.3 is 14.4 Å². The van der Waals surface area contributed by atoms with E-state index in [1.165, 1.54) is 11.1 Å². The predicted octanol–water partition coefficient (Wildman–Crippen LogP) is 5.60. The van der Waals surface area contributed by atoms with Gasteiger partial charge in [0.1, 0.15) is 11.5 Å². The summed E-state index contributed by atoms with van der Waals surface area (Å²) in [7, 11) is 1.62. The zero-order valence-corrected chi connectivity index (χ0v) is 18.6. The summed E-state index contributed by atoms with van der Waals surface area (Å²) in [6.45, 7) is 6.52. The molecule has 3 aromatic rings. The Morgan fingerprint density at radius 2 is 1.48 bits per heavy atom. The van der Waals surface area contributed by atoms with E-state index in [4.69, 9.17) is 9.47 Å². The molecular weight excluding hydrogens is 386 g/mol. The monoisotopic (exact) mass is 415 g/mol. The molecule has 1 aliphatic rings. The highest BCUT2D eigenvalue weighted by molar-refractivity contribution is 5.97. The molecule has 0 fully saturated rings. The molecular formula is C27H29NO3. The number of amides is 1. The van der Waals surface area contributed by atoms with Crippen LogP contribution in [-0.2, 0) is 10.2 Å². The summed E-state index contributed by atoms with van der Waals surface area (Å²) < 4.78 is 11.0. The maximum absolute atomic E-state index is 13.4. The lowest BCUT2D eigenvalue weighted by Crippen LogP contribution is -2.57. The van der Waals surface area contributed by atoms with E-state index in [9.17, 15) is 4.79 Å². The van der Waals surface area contributed by atoms with Gasteiger partial charge in [0.05, 0.1) is 7.11 Å². The van der Waals surface area contributed by atoms with Gasteiger partial charge in [0.15, 0.2) is 6.61 Å². The van der Waals surface area contributed by atoms with Crippen molar-refractivity contribution in [1.29, 1.82) is 0 Å². The number of carbonyl (C=O) groups excluding carboxylic acids is 1. The Morgan fingerprint density at radius 1 is 0.871 bits per heavy atom. The number of benzene rings is 3. The van der Waals surface area contributed by atoms with E-state index in [1.807, 2.05) is 47.4 Å². The molecule has 1 heterocycles. The van der Waals surface area contributed by atoms with E-state index in [1.54, 1.807) is 7.11 Å². The topological polar surface area (TPSA) is 38.8 Å². The van der Waals surface area contributed by atoms with Crippen molar-refractivity contribution in [2.24, 2.45) is 0 Å². The summed E-state index contributed by atoms with van der Waals surface area (Å²) in [5.74, 6) is 1.35. The first-order valence-electron chi connectivity index (χ1n) is 10.6. The van der Waals surface area contributed by atoms with Crippen LogP contribution in [0.25, 0.3) is 0 Å². The first-order valence-corrected chi connectivity index (χ1v) is 10.6. The molecule has 0 aromatic heterocycles. The maximum atomic E-state index is 13.4. The van der Waals surface area contributed by atoms with Crippen molar-refractivity contribution in [1.82, 2.24) is 0 Å². The SMILES string of the molecule is COc1ccc(OCC(=O)N2c3ccccc3[C@](C)(c3ccccc3)CC2(C)C)cc1. The third kappa shape index (κ3) is 3.90. The number of hydrogen-bond donors (Lipinski definition) is 0. The van der Waals surface area contributed by atoms with Gasteiger partial charge in [0.25, 0.3) is 5.91 Å². The molecule has 160 valence electrons. The van der Waals surface area contributed by atoms with Crippen LogP contribution >= 0.6 is 0 Å². The Morgan fingerprint density at radius 3 is 2.16 bits per heavy atom. The molecule has 4 nitrogen and oxygen atoms in total. The minimum atomic E-state index is -0.376. The van der Waals surface area contributed by atoms with Crippen LogP contribution in [0.15, 0.2) is 78.9 Å². The number of hydrogen-bond acceptors (Lipinski definition) is 3. The van der Waals surface area contributed by atoms with Gasteiger partial charge in [-0.05, 0) is 61.7 Å². The summed E-state index contributed by atoms with van der Waals surface area (Å²) >= 11 is 0. The van der Waals surface area contributed by atoms with Crippen LogP contribution in [0.5, 0.6) is 11.5 Å². The summed E-state index contributed by atoms with van der Waals surface area (Å²) in [5, 5.41) is 0. The van der Waals surface area contributed by atoms with Gasteiger partial charge in [0, 0.05) is 16.6 Å². The minimum absolute atomic E-state index is 0.0217. The average molecular weight is 416 g/mol. The van der Waals surface area contributed by atoms with Gasteiger partial charge in [-0.25, -0.2) is 0 Å². The van der Waals surface area contributed by atoms with Crippen LogP contribution < -0.4 is 14.4 Å². The Hall–Kier alpha value is -3.27. The number of rotatable bonds is 5. The molecule has 4 rings (SSSR count). The Kier molecular flexibility index (Phi) is 5.48. The molecule has 0 radical (unpaired) electrons. The second-order valence-electron chi connectivity index (χ2n) is 8.90. The molecule has 4 heteroatoms. The Labute approximate surface area is 184 Å². The van der Waals surface area contributed by atoms with Gasteiger partial charge in [-0.15, -0.1) is 0 Å². The number of methoxy groups -OCH3 is 1. The van der Waals surface area contributed by atoms with Crippen LogP contribution in [-0.4, -0.2) is 25.2 Å². The molecule has 0 spiro atoms. The maximum Gasteiger partial charge on any atom is 0.265 e. The highest BCUT2D eigenvalue weighted by Crippen LogP contribution is 2.50. The van der Waals surface area contributed by atoms with Crippen molar-refractivity contribution in [3.05, 3.63) is 90.0 Å². The van der Waals surface area contributed by atoms with Crippen molar-refractivity contribution >= 4 is 11.6 Å². The standard InChI is InChI=1S/C27H29NO3/c1-26(2)19-27(3,20-10-6-5-7-11-20)23-12-8-9-13-24(23)28(26)25(29)18-31-22-16-14-21(30-4)15-17-22/h5-17H,18-19H2,1-4H3/t27-/m0/s1. The van der Waals surface area contributed by atoms with Crippen LogP contribution in [0.2, 0.25) is 0 Å². The van der Waals surface area contributed by atoms with Gasteiger partial charge in [-0.3, -0.25) is 4.79 Å². The normalized spacial score (nSPS) is 19.4. The molecule has 3 aromatic carbocycles. The van der Waals surface area contributed by atoms with E-state index in [0.717, 1.165) is 17.9 Å². The van der Waals surface area contributed by atoms with Gasteiger partial charge in [-0.1, -0.05) is 55.5 Å². The molecule has 31 heavy (non-hydrogen) atoms. The molecule has 0 saturated carbocycles. The Bertz CT molecular complexity index is 1060. The first kappa shape index (κ1) is 21.0. The first-order chi connectivity index (χ1) is 14.8. The number of ether oxygens (including phenoxy) is 2. The second-order valence-corrected chi connectivity index (χ2v) is 8.90. The molecule has 0 aliphatic carbocycles. The van der Waals surface area contributed by atoms with Crippen molar-refractivity contribution in [2.45, 2.75) is 38.1 Å². The fraction of sp³-hybridized carbons (Fsp3) is 0.296. The van der Waals surface area contributed by atoms with Crippen LogP contribution in [0.3, 0.4) is 0 Å². The predicted molar refractivity (Wildman–Crippen MR) is 124 cm³/mol. The van der Waals surface area contributed by atoms with Crippen molar-refractivity contribution < 1.29 is 14.3 Å². The third-order valence-corrected chi connectivity index (χ3v) is 6.21. The number of nitrogens with zero attached hydrogens (tertiary/aromatic N) is 1. The summed E-state index contributed by atoms with van der Waals surface area (Å²) in [6.07, 6.45) is 0.815. The fourth-order valence-corrected chi connectivity index (χ4v) is 4.92. The largest absolute Gasteiger partial charge is 0.497 e. The molecule has 1 atom stereocenters. The molecule has 1 aliphatic heterocycles. The minimum Gasteiger partial charge on any atom is -0.497 e. The molecule has 0 unspecified atom stereocenters. The smallest absolute Gasteiger partial charge is 0.265 e. The van der Waals surface area contributed by atoms with Gasteiger partial charge in [-0.2, -0.15) is 0 Å². The van der Waals surface area contributed by atoms with E-state index in [0.29, 0.717) is 5.75 Å². The van der Waals surface area contributed by atoms with Gasteiger partial charge in [0.2, 0.25) is 0 Å². The highest BCUT2D eigenvalue weighted by atomic mass is 16.5. The second kappa shape index (κ2) is 8.10. The molecule has 0 bridgehead atoms. The summed E-state index contributed by atoms with van der Waals surface area (Å²) in [6, 6.07) is 26.1.